The van der Waals surface area contributed by atoms with Crippen LogP contribution in [0.4, 0.5) is 0 Å². The summed E-state index contributed by atoms with van der Waals surface area (Å²) in [5.74, 6) is -0.984. The number of aromatic nitrogens is 2. The molecule has 2 N–H and O–H groups in total. The molecule has 96 valence electrons. The quantitative estimate of drug-likeness (QED) is 0.824. The number of carboxylic acid groups (broad SMARTS) is 1. The zero-order chi connectivity index (χ0) is 13.1. The van der Waals surface area contributed by atoms with Gasteiger partial charge in [0.1, 0.15) is 0 Å². The number of hydrogen-bond acceptors (Lipinski definition) is 4. The van der Waals surface area contributed by atoms with Crippen molar-refractivity contribution in [2.75, 3.05) is 20.3 Å². The van der Waals surface area contributed by atoms with Gasteiger partial charge in [-0.15, -0.1) is 0 Å². The molecular weight excluding hydrogens is 236 g/mol. The maximum atomic E-state index is 10.8. The molecular formula is C12H14N2O4. The fourth-order valence-corrected chi connectivity index (χ4v) is 1.87. The van der Waals surface area contributed by atoms with Crippen molar-refractivity contribution in [2.24, 2.45) is 0 Å². The number of carboxylic acids is 1. The fraction of sp³-hybridized carbons (Fsp3) is 0.333. The van der Waals surface area contributed by atoms with E-state index in [1.807, 2.05) is 0 Å². The lowest BCUT2D eigenvalue weighted by molar-refractivity contribution is 0.0697. The molecule has 0 aliphatic rings. The van der Waals surface area contributed by atoms with Gasteiger partial charge in [0.2, 0.25) is 0 Å². The second kappa shape index (κ2) is 5.16. The second-order valence-electron chi connectivity index (χ2n) is 3.95. The molecule has 6 nitrogen and oxygen atoms in total. The number of carbonyl (C=O) groups is 1. The van der Waals surface area contributed by atoms with Crippen LogP contribution >= 0.6 is 0 Å². The molecule has 0 bridgehead atoms. The first-order valence-electron chi connectivity index (χ1n) is 5.47. The third-order valence-electron chi connectivity index (χ3n) is 2.78. The molecule has 0 saturated heterocycles. The molecule has 1 aromatic carbocycles. The zero-order valence-electron chi connectivity index (χ0n) is 9.91. The van der Waals surface area contributed by atoms with Crippen LogP contribution < -0.4 is 0 Å². The third kappa shape index (κ3) is 2.20. The Labute approximate surface area is 103 Å². The van der Waals surface area contributed by atoms with Crippen molar-refractivity contribution < 1.29 is 19.7 Å². The first-order valence-corrected chi connectivity index (χ1v) is 5.47. The Morgan fingerprint density at radius 3 is 2.94 bits per heavy atom. The number of ether oxygens (including phenoxy) is 1. The molecule has 1 aromatic heterocycles. The summed E-state index contributed by atoms with van der Waals surface area (Å²) in [6.45, 7) is 0.294. The monoisotopic (exact) mass is 250 g/mol. The number of nitrogens with zero attached hydrogens (tertiary/aromatic N) is 2. The van der Waals surface area contributed by atoms with Crippen molar-refractivity contribution in [3.8, 4) is 0 Å². The van der Waals surface area contributed by atoms with Gasteiger partial charge in [0.15, 0.2) is 0 Å². The highest BCUT2D eigenvalue weighted by Crippen LogP contribution is 2.19. The van der Waals surface area contributed by atoms with Crippen LogP contribution in [0.1, 0.15) is 16.4 Å². The Morgan fingerprint density at radius 2 is 2.33 bits per heavy atom. The lowest BCUT2D eigenvalue weighted by Gasteiger charge is -2.15. The maximum Gasteiger partial charge on any atom is 0.335 e. The topological polar surface area (TPSA) is 84.6 Å². The maximum absolute atomic E-state index is 10.8. The summed E-state index contributed by atoms with van der Waals surface area (Å²) in [6.07, 6.45) is 1.58. The van der Waals surface area contributed by atoms with Gasteiger partial charge in [0, 0.05) is 7.11 Å². The van der Waals surface area contributed by atoms with Gasteiger partial charge in [-0.3, -0.25) is 0 Å². The van der Waals surface area contributed by atoms with Crippen molar-refractivity contribution in [3.63, 3.8) is 0 Å². The minimum absolute atomic E-state index is 0.0695. The van der Waals surface area contributed by atoms with E-state index < -0.39 is 5.97 Å². The minimum atomic E-state index is -0.984. The average molecular weight is 250 g/mol. The Kier molecular flexibility index (Phi) is 3.59. The first-order chi connectivity index (χ1) is 8.67. The van der Waals surface area contributed by atoms with Crippen LogP contribution in [0.15, 0.2) is 24.5 Å². The van der Waals surface area contributed by atoms with Crippen LogP contribution in [0.25, 0.3) is 11.0 Å². The molecule has 0 amide bonds. The lowest BCUT2D eigenvalue weighted by atomic mass is 10.2. The Bertz CT molecular complexity index is 564. The largest absolute Gasteiger partial charge is 0.478 e. The number of benzene rings is 1. The molecule has 0 aliphatic carbocycles. The molecule has 0 spiro atoms. The number of methoxy groups -OCH3 is 1. The molecule has 1 atom stereocenters. The third-order valence-corrected chi connectivity index (χ3v) is 2.78. The van der Waals surface area contributed by atoms with E-state index in [2.05, 4.69) is 4.98 Å². The molecule has 6 heteroatoms. The molecule has 0 radical (unpaired) electrons. The fourth-order valence-electron chi connectivity index (χ4n) is 1.87. The van der Waals surface area contributed by atoms with Crippen LogP contribution in [-0.4, -0.2) is 46.1 Å². The lowest BCUT2D eigenvalue weighted by Crippen LogP contribution is -2.17. The smallest absolute Gasteiger partial charge is 0.335 e. The van der Waals surface area contributed by atoms with Crippen molar-refractivity contribution >= 4 is 17.0 Å². The summed E-state index contributed by atoms with van der Waals surface area (Å²) >= 11 is 0. The normalized spacial score (nSPS) is 12.8. The van der Waals surface area contributed by atoms with Gasteiger partial charge in [-0.05, 0) is 18.2 Å². The number of fused-ring (bicyclic) bond motifs is 1. The van der Waals surface area contributed by atoms with Crippen molar-refractivity contribution in [1.82, 2.24) is 9.55 Å². The van der Waals surface area contributed by atoms with Gasteiger partial charge >= 0.3 is 5.97 Å². The first kappa shape index (κ1) is 12.5. The highest BCUT2D eigenvalue weighted by atomic mass is 16.5. The molecule has 0 saturated carbocycles. The zero-order valence-corrected chi connectivity index (χ0v) is 9.91. The number of aliphatic hydroxyl groups excluding tert-OH is 1. The van der Waals surface area contributed by atoms with E-state index in [9.17, 15) is 9.90 Å². The van der Waals surface area contributed by atoms with E-state index in [-0.39, 0.29) is 18.2 Å². The summed E-state index contributed by atoms with van der Waals surface area (Å²) < 4.78 is 6.81. The van der Waals surface area contributed by atoms with E-state index in [1.165, 1.54) is 12.1 Å². The van der Waals surface area contributed by atoms with E-state index in [0.29, 0.717) is 12.1 Å². The number of aromatic carboxylic acids is 1. The molecule has 0 fully saturated rings. The highest BCUT2D eigenvalue weighted by Gasteiger charge is 2.14. The van der Waals surface area contributed by atoms with Crippen LogP contribution in [0.3, 0.4) is 0 Å². The highest BCUT2D eigenvalue weighted by molar-refractivity contribution is 5.92. The molecule has 18 heavy (non-hydrogen) atoms. The van der Waals surface area contributed by atoms with E-state index in [1.54, 1.807) is 24.1 Å². The predicted molar refractivity (Wildman–Crippen MR) is 64.7 cm³/mol. The number of imidazole rings is 1. The number of hydrogen-bond donors (Lipinski definition) is 2. The SMILES string of the molecule is COCC(CO)n1cnc2cc(C(=O)O)ccc21. The molecule has 1 heterocycles. The standard InChI is InChI=1S/C12H14N2O4/c1-18-6-9(5-15)14-7-13-10-4-8(12(16)17)2-3-11(10)14/h2-4,7,9,15H,5-6H2,1H3,(H,16,17). The molecule has 1 unspecified atom stereocenters. The Balaban J connectivity index is 2.45. The van der Waals surface area contributed by atoms with Gasteiger partial charge in [-0.25, -0.2) is 9.78 Å². The molecule has 0 aliphatic heterocycles. The number of aliphatic hydroxyl groups is 1. The van der Waals surface area contributed by atoms with Crippen LogP contribution in [0, 0.1) is 0 Å². The van der Waals surface area contributed by atoms with Crippen molar-refractivity contribution in [3.05, 3.63) is 30.1 Å². The van der Waals surface area contributed by atoms with E-state index >= 15 is 0 Å². The van der Waals surface area contributed by atoms with Gasteiger partial charge in [0.25, 0.3) is 0 Å². The van der Waals surface area contributed by atoms with Gasteiger partial charge in [-0.2, -0.15) is 0 Å². The summed E-state index contributed by atoms with van der Waals surface area (Å²) in [5.41, 5.74) is 1.56. The number of rotatable bonds is 5. The van der Waals surface area contributed by atoms with Crippen LogP contribution in [0.2, 0.25) is 0 Å². The summed E-state index contributed by atoms with van der Waals surface area (Å²) in [6, 6.07) is 4.49. The molecule has 2 aromatic rings. The van der Waals surface area contributed by atoms with Crippen LogP contribution in [0.5, 0.6) is 0 Å². The van der Waals surface area contributed by atoms with E-state index in [4.69, 9.17) is 9.84 Å². The minimum Gasteiger partial charge on any atom is -0.478 e. The molecule has 2 rings (SSSR count). The van der Waals surface area contributed by atoms with Gasteiger partial charge < -0.3 is 19.5 Å². The van der Waals surface area contributed by atoms with E-state index in [0.717, 1.165) is 5.52 Å². The summed E-state index contributed by atoms with van der Waals surface area (Å²) in [7, 11) is 1.56. The summed E-state index contributed by atoms with van der Waals surface area (Å²) in [5, 5.41) is 18.2. The Hall–Kier alpha value is -1.92. The summed E-state index contributed by atoms with van der Waals surface area (Å²) in [4.78, 5) is 15.0. The van der Waals surface area contributed by atoms with Crippen LogP contribution in [-0.2, 0) is 4.74 Å². The predicted octanol–water partition coefficient (Wildman–Crippen LogP) is 0.914. The van der Waals surface area contributed by atoms with Crippen molar-refractivity contribution in [1.29, 1.82) is 0 Å². The van der Waals surface area contributed by atoms with Gasteiger partial charge in [-0.1, -0.05) is 0 Å². The Morgan fingerprint density at radius 1 is 1.56 bits per heavy atom. The second-order valence-corrected chi connectivity index (χ2v) is 3.95. The van der Waals surface area contributed by atoms with Gasteiger partial charge in [0.05, 0.1) is 42.2 Å². The van der Waals surface area contributed by atoms with Crippen molar-refractivity contribution in [2.45, 2.75) is 6.04 Å². The average Bonchev–Trinajstić information content (AvgIpc) is 2.78.